The second-order valence-electron chi connectivity index (χ2n) is 5.91. The van der Waals surface area contributed by atoms with E-state index in [2.05, 4.69) is 10.9 Å². The van der Waals surface area contributed by atoms with E-state index in [4.69, 9.17) is 9.47 Å². The number of rotatable bonds is 7. The van der Waals surface area contributed by atoms with Crippen LogP contribution in [0.2, 0.25) is 0 Å². The first-order chi connectivity index (χ1) is 12.5. The van der Waals surface area contributed by atoms with Crippen molar-refractivity contribution < 1.29 is 19.1 Å². The van der Waals surface area contributed by atoms with Crippen LogP contribution in [0.3, 0.4) is 0 Å². The minimum absolute atomic E-state index is 0.157. The molecule has 0 aliphatic carbocycles. The van der Waals surface area contributed by atoms with Gasteiger partial charge in [-0.15, -0.1) is 0 Å². The first-order valence-corrected chi connectivity index (χ1v) is 8.47. The molecule has 0 spiro atoms. The molecule has 0 saturated carbocycles. The lowest BCUT2D eigenvalue weighted by Gasteiger charge is -2.11. The molecule has 0 aliphatic rings. The molecule has 0 heterocycles. The number of hydrogen-bond donors (Lipinski definition) is 2. The van der Waals surface area contributed by atoms with Crippen molar-refractivity contribution in [2.45, 2.75) is 27.2 Å². The Balaban J connectivity index is 1.74. The molecule has 0 bridgehead atoms. The zero-order chi connectivity index (χ0) is 18.9. The predicted octanol–water partition coefficient (Wildman–Crippen LogP) is 2.47. The van der Waals surface area contributed by atoms with Gasteiger partial charge in [0, 0.05) is 0 Å². The van der Waals surface area contributed by atoms with Crippen LogP contribution in [0.25, 0.3) is 0 Å². The molecular weight excluding hydrogens is 332 g/mol. The van der Waals surface area contributed by atoms with Crippen molar-refractivity contribution in [3.05, 3.63) is 59.2 Å². The Kier molecular flexibility index (Phi) is 7.02. The summed E-state index contributed by atoms with van der Waals surface area (Å²) in [5.41, 5.74) is 7.56. The first kappa shape index (κ1) is 19.3. The van der Waals surface area contributed by atoms with Gasteiger partial charge in [0.25, 0.3) is 5.91 Å². The predicted molar refractivity (Wildman–Crippen MR) is 99.0 cm³/mol. The van der Waals surface area contributed by atoms with Crippen LogP contribution in [-0.2, 0) is 16.0 Å². The first-order valence-electron chi connectivity index (χ1n) is 8.47. The van der Waals surface area contributed by atoms with E-state index in [0.717, 1.165) is 22.4 Å². The molecule has 0 atom stereocenters. The summed E-state index contributed by atoms with van der Waals surface area (Å²) in [4.78, 5) is 23.7. The Bertz CT molecular complexity index is 757. The van der Waals surface area contributed by atoms with Gasteiger partial charge in [0.15, 0.2) is 6.61 Å². The fourth-order valence-corrected chi connectivity index (χ4v) is 2.28. The van der Waals surface area contributed by atoms with Gasteiger partial charge in [-0.2, -0.15) is 0 Å². The smallest absolute Gasteiger partial charge is 0.276 e. The van der Waals surface area contributed by atoms with Crippen molar-refractivity contribution in [1.82, 2.24) is 10.9 Å². The van der Waals surface area contributed by atoms with Gasteiger partial charge in [0.2, 0.25) is 5.91 Å². The molecule has 0 saturated heterocycles. The van der Waals surface area contributed by atoms with Crippen LogP contribution in [0.4, 0.5) is 0 Å². The fourth-order valence-electron chi connectivity index (χ4n) is 2.28. The van der Waals surface area contributed by atoms with Gasteiger partial charge in [-0.25, -0.2) is 0 Å². The Morgan fingerprint density at radius 3 is 2.31 bits per heavy atom. The van der Waals surface area contributed by atoms with Gasteiger partial charge in [-0.05, 0) is 55.7 Å². The maximum absolute atomic E-state index is 11.9. The van der Waals surface area contributed by atoms with Crippen LogP contribution >= 0.6 is 0 Å². The topological polar surface area (TPSA) is 76.7 Å². The standard InChI is InChI=1S/C20H24N2O4/c1-4-25-17-9-7-16(8-10-17)12-19(23)21-22-20(24)13-26-18-11-14(2)5-6-15(18)3/h5-11H,4,12-13H2,1-3H3,(H,21,23)(H,22,24). The van der Waals surface area contributed by atoms with Crippen molar-refractivity contribution in [1.29, 1.82) is 0 Å². The fraction of sp³-hybridized carbons (Fsp3) is 0.300. The summed E-state index contributed by atoms with van der Waals surface area (Å²) in [7, 11) is 0. The summed E-state index contributed by atoms with van der Waals surface area (Å²) in [5.74, 6) is 0.676. The maximum Gasteiger partial charge on any atom is 0.276 e. The van der Waals surface area contributed by atoms with E-state index in [1.54, 1.807) is 0 Å². The summed E-state index contributed by atoms with van der Waals surface area (Å²) < 4.78 is 10.8. The van der Waals surface area contributed by atoms with Crippen molar-refractivity contribution in [3.63, 3.8) is 0 Å². The maximum atomic E-state index is 11.9. The normalized spacial score (nSPS) is 10.1. The van der Waals surface area contributed by atoms with Gasteiger partial charge in [0.05, 0.1) is 13.0 Å². The van der Waals surface area contributed by atoms with E-state index < -0.39 is 5.91 Å². The number of hydrazine groups is 1. The highest BCUT2D eigenvalue weighted by Crippen LogP contribution is 2.18. The molecule has 2 aromatic carbocycles. The number of benzene rings is 2. The lowest BCUT2D eigenvalue weighted by molar-refractivity contribution is -0.129. The summed E-state index contributed by atoms with van der Waals surface area (Å²) in [6.07, 6.45) is 0.157. The third-order valence-corrected chi connectivity index (χ3v) is 3.64. The molecule has 2 aromatic rings. The monoisotopic (exact) mass is 356 g/mol. The van der Waals surface area contributed by atoms with Crippen molar-refractivity contribution in [2.24, 2.45) is 0 Å². The number of hydrogen-bond acceptors (Lipinski definition) is 4. The Labute approximate surface area is 153 Å². The molecule has 6 nitrogen and oxygen atoms in total. The van der Waals surface area contributed by atoms with E-state index in [1.165, 1.54) is 0 Å². The Hall–Kier alpha value is -3.02. The highest BCUT2D eigenvalue weighted by Gasteiger charge is 2.08. The molecule has 0 aliphatic heterocycles. The van der Waals surface area contributed by atoms with Gasteiger partial charge < -0.3 is 9.47 Å². The van der Waals surface area contributed by atoms with Crippen LogP contribution in [0, 0.1) is 13.8 Å². The molecule has 2 N–H and O–H groups in total. The number of amides is 2. The van der Waals surface area contributed by atoms with Crippen LogP contribution < -0.4 is 20.3 Å². The van der Waals surface area contributed by atoms with E-state index in [-0.39, 0.29) is 18.9 Å². The van der Waals surface area contributed by atoms with Crippen LogP contribution in [-0.4, -0.2) is 25.0 Å². The molecule has 0 unspecified atom stereocenters. The summed E-state index contributed by atoms with van der Waals surface area (Å²) >= 11 is 0. The van der Waals surface area contributed by atoms with Crippen LogP contribution in [0.1, 0.15) is 23.6 Å². The average Bonchev–Trinajstić information content (AvgIpc) is 2.62. The largest absolute Gasteiger partial charge is 0.494 e. The molecule has 0 aromatic heterocycles. The number of ether oxygens (including phenoxy) is 2. The van der Waals surface area contributed by atoms with E-state index >= 15 is 0 Å². The van der Waals surface area contributed by atoms with Gasteiger partial charge in [0.1, 0.15) is 11.5 Å². The van der Waals surface area contributed by atoms with Gasteiger partial charge in [-0.3, -0.25) is 20.4 Å². The molecule has 6 heteroatoms. The number of aryl methyl sites for hydroxylation is 2. The highest BCUT2D eigenvalue weighted by atomic mass is 16.5. The average molecular weight is 356 g/mol. The van der Waals surface area contributed by atoms with Crippen molar-refractivity contribution >= 4 is 11.8 Å². The zero-order valence-electron chi connectivity index (χ0n) is 15.3. The minimum Gasteiger partial charge on any atom is -0.494 e. The molecule has 138 valence electrons. The lowest BCUT2D eigenvalue weighted by atomic mass is 10.1. The van der Waals surface area contributed by atoms with Gasteiger partial charge >= 0.3 is 0 Å². The van der Waals surface area contributed by atoms with Gasteiger partial charge in [-0.1, -0.05) is 24.3 Å². The second-order valence-corrected chi connectivity index (χ2v) is 5.91. The number of nitrogens with one attached hydrogen (secondary N) is 2. The highest BCUT2D eigenvalue weighted by molar-refractivity contribution is 5.83. The molecule has 2 amide bonds. The SMILES string of the molecule is CCOc1ccc(CC(=O)NNC(=O)COc2cc(C)ccc2C)cc1. The lowest BCUT2D eigenvalue weighted by Crippen LogP contribution is -2.44. The molecule has 26 heavy (non-hydrogen) atoms. The summed E-state index contributed by atoms with van der Waals surface area (Å²) in [5, 5.41) is 0. The van der Waals surface area contributed by atoms with Crippen molar-refractivity contribution in [2.75, 3.05) is 13.2 Å². The number of carbonyl (C=O) groups is 2. The van der Waals surface area contributed by atoms with Crippen molar-refractivity contribution in [3.8, 4) is 11.5 Å². The third kappa shape index (κ3) is 6.12. The zero-order valence-corrected chi connectivity index (χ0v) is 15.3. The molecule has 0 radical (unpaired) electrons. The van der Waals surface area contributed by atoms with Crippen LogP contribution in [0.15, 0.2) is 42.5 Å². The summed E-state index contributed by atoms with van der Waals surface area (Å²) in [6, 6.07) is 13.0. The third-order valence-electron chi connectivity index (χ3n) is 3.64. The molecule has 0 fully saturated rings. The van der Waals surface area contributed by atoms with Crippen LogP contribution in [0.5, 0.6) is 11.5 Å². The van der Waals surface area contributed by atoms with E-state index in [1.807, 2.05) is 63.2 Å². The Morgan fingerprint density at radius 1 is 0.923 bits per heavy atom. The molecular formula is C20H24N2O4. The second kappa shape index (κ2) is 9.46. The van der Waals surface area contributed by atoms with E-state index in [0.29, 0.717) is 12.4 Å². The Morgan fingerprint density at radius 2 is 1.62 bits per heavy atom. The van der Waals surface area contributed by atoms with E-state index in [9.17, 15) is 9.59 Å². The summed E-state index contributed by atoms with van der Waals surface area (Å²) in [6.45, 7) is 6.19. The minimum atomic E-state index is -0.425. The number of carbonyl (C=O) groups excluding carboxylic acids is 2. The molecule has 2 rings (SSSR count). The quantitative estimate of drug-likeness (QED) is 0.747.